The van der Waals surface area contributed by atoms with E-state index in [-0.39, 0.29) is 0 Å². The predicted molar refractivity (Wildman–Crippen MR) is 98.4 cm³/mol. The Morgan fingerprint density at radius 2 is 1.85 bits per heavy atom. The molecule has 1 fully saturated rings. The number of rotatable bonds is 4. The first kappa shape index (κ1) is 18.1. The summed E-state index contributed by atoms with van der Waals surface area (Å²) in [5.41, 5.74) is 10.1. The molecule has 0 bridgehead atoms. The Kier molecular flexibility index (Phi) is 5.66. The van der Waals surface area contributed by atoms with Crippen LogP contribution < -0.4 is 25.9 Å². The molecule has 1 aromatic rings. The standard InChI is InChI=1S/C19H24N4O3/c1-25-15-9-13(10-16(11-15)26-2)3-4-18-17(19(20)24)12-23(22-18)14-5-7-21-8-6-14/h9-12,14,18,21-22H,5-8H2,1-2H3,(H2,20,24). The van der Waals surface area contributed by atoms with Gasteiger partial charge in [0, 0.05) is 23.9 Å². The first-order chi connectivity index (χ1) is 12.6. The topological polar surface area (TPSA) is 88.9 Å². The fourth-order valence-electron chi connectivity index (χ4n) is 3.13. The molecule has 7 nitrogen and oxygen atoms in total. The molecule has 2 heterocycles. The van der Waals surface area contributed by atoms with Gasteiger partial charge in [-0.15, -0.1) is 0 Å². The van der Waals surface area contributed by atoms with E-state index in [0.717, 1.165) is 31.5 Å². The third kappa shape index (κ3) is 4.10. The number of benzene rings is 1. The second kappa shape index (κ2) is 8.13. The van der Waals surface area contributed by atoms with Crippen LogP contribution in [0.5, 0.6) is 11.5 Å². The number of piperidine rings is 1. The highest BCUT2D eigenvalue weighted by Gasteiger charge is 2.30. The van der Waals surface area contributed by atoms with Crippen molar-refractivity contribution in [3.8, 4) is 23.3 Å². The lowest BCUT2D eigenvalue weighted by molar-refractivity contribution is -0.114. The fourth-order valence-corrected chi connectivity index (χ4v) is 3.13. The van der Waals surface area contributed by atoms with Crippen LogP contribution >= 0.6 is 0 Å². The molecule has 1 saturated heterocycles. The molecular formula is C19H24N4O3. The van der Waals surface area contributed by atoms with Crippen molar-refractivity contribution in [1.29, 1.82) is 0 Å². The average Bonchev–Trinajstić information content (AvgIpc) is 3.11. The van der Waals surface area contributed by atoms with Crippen LogP contribution in [0.3, 0.4) is 0 Å². The minimum atomic E-state index is -0.462. The van der Waals surface area contributed by atoms with Gasteiger partial charge in [-0.05, 0) is 38.1 Å². The monoisotopic (exact) mass is 356 g/mol. The van der Waals surface area contributed by atoms with Crippen LogP contribution in [0.1, 0.15) is 18.4 Å². The summed E-state index contributed by atoms with van der Waals surface area (Å²) >= 11 is 0. The lowest BCUT2D eigenvalue weighted by atomic mass is 10.1. The number of amides is 1. The quantitative estimate of drug-likeness (QED) is 0.676. The predicted octanol–water partition coefficient (Wildman–Crippen LogP) is 0.365. The molecule has 0 aliphatic carbocycles. The van der Waals surface area contributed by atoms with E-state index < -0.39 is 11.9 Å². The Bertz CT molecular complexity index is 738. The van der Waals surface area contributed by atoms with Crippen molar-refractivity contribution in [3.05, 3.63) is 35.5 Å². The minimum Gasteiger partial charge on any atom is -0.497 e. The maximum atomic E-state index is 11.8. The van der Waals surface area contributed by atoms with Crippen molar-refractivity contribution in [1.82, 2.24) is 15.8 Å². The van der Waals surface area contributed by atoms with Crippen molar-refractivity contribution >= 4 is 5.91 Å². The molecule has 26 heavy (non-hydrogen) atoms. The molecule has 2 aliphatic rings. The van der Waals surface area contributed by atoms with Crippen LogP contribution in [0.4, 0.5) is 0 Å². The van der Waals surface area contributed by atoms with E-state index in [1.807, 2.05) is 17.1 Å². The number of hydrogen-bond acceptors (Lipinski definition) is 6. The highest BCUT2D eigenvalue weighted by atomic mass is 16.5. The number of methoxy groups -OCH3 is 2. The molecule has 0 spiro atoms. The molecule has 1 amide bonds. The van der Waals surface area contributed by atoms with E-state index in [1.165, 1.54) is 0 Å². The van der Waals surface area contributed by atoms with Gasteiger partial charge >= 0.3 is 0 Å². The summed E-state index contributed by atoms with van der Waals surface area (Å²) in [7, 11) is 3.19. The Morgan fingerprint density at radius 3 is 2.42 bits per heavy atom. The normalized spacial score (nSPS) is 20.2. The number of nitrogens with two attached hydrogens (primary N) is 1. The van der Waals surface area contributed by atoms with Gasteiger partial charge in [0.25, 0.3) is 0 Å². The van der Waals surface area contributed by atoms with Crippen LogP contribution in [0.2, 0.25) is 0 Å². The Labute approximate surface area is 153 Å². The smallest absolute Gasteiger partial charge is 0.248 e. The third-order valence-corrected chi connectivity index (χ3v) is 4.57. The van der Waals surface area contributed by atoms with Crippen LogP contribution in [0.15, 0.2) is 30.0 Å². The number of hydrogen-bond donors (Lipinski definition) is 3. The van der Waals surface area contributed by atoms with E-state index in [4.69, 9.17) is 15.2 Å². The molecule has 2 aliphatic heterocycles. The summed E-state index contributed by atoms with van der Waals surface area (Å²) in [5, 5.41) is 5.31. The summed E-state index contributed by atoms with van der Waals surface area (Å²) in [5.74, 6) is 7.05. The number of ether oxygens (including phenoxy) is 2. The molecule has 0 aromatic heterocycles. The lowest BCUT2D eigenvalue weighted by Crippen LogP contribution is -2.47. The van der Waals surface area contributed by atoms with E-state index in [1.54, 1.807) is 26.5 Å². The fraction of sp³-hybridized carbons (Fsp3) is 0.421. The lowest BCUT2D eigenvalue weighted by Gasteiger charge is -2.31. The van der Waals surface area contributed by atoms with E-state index in [9.17, 15) is 4.79 Å². The number of nitrogens with zero attached hydrogens (tertiary/aromatic N) is 1. The molecular weight excluding hydrogens is 332 g/mol. The first-order valence-corrected chi connectivity index (χ1v) is 8.62. The second-order valence-electron chi connectivity index (χ2n) is 6.27. The average molecular weight is 356 g/mol. The van der Waals surface area contributed by atoms with Crippen LogP contribution in [-0.2, 0) is 4.79 Å². The Morgan fingerprint density at radius 1 is 1.19 bits per heavy atom. The first-order valence-electron chi connectivity index (χ1n) is 8.62. The van der Waals surface area contributed by atoms with E-state index in [0.29, 0.717) is 23.1 Å². The SMILES string of the molecule is COc1cc(C#CC2NN(C3CCNCC3)C=C2C(N)=O)cc(OC)c1. The second-order valence-corrected chi connectivity index (χ2v) is 6.27. The number of hydrazine groups is 1. The molecule has 1 atom stereocenters. The Hall–Kier alpha value is -2.69. The van der Waals surface area contributed by atoms with Gasteiger partial charge in [0.05, 0.1) is 19.8 Å². The molecule has 0 radical (unpaired) electrons. The van der Waals surface area contributed by atoms with Crippen molar-refractivity contribution in [2.75, 3.05) is 27.3 Å². The van der Waals surface area contributed by atoms with Crippen molar-refractivity contribution in [3.63, 3.8) is 0 Å². The molecule has 7 heteroatoms. The van der Waals surface area contributed by atoms with Crippen LogP contribution in [-0.4, -0.2) is 50.3 Å². The highest BCUT2D eigenvalue weighted by Crippen LogP contribution is 2.22. The van der Waals surface area contributed by atoms with Crippen molar-refractivity contribution in [2.24, 2.45) is 5.73 Å². The zero-order valence-electron chi connectivity index (χ0n) is 15.0. The molecule has 0 saturated carbocycles. The zero-order valence-corrected chi connectivity index (χ0v) is 15.0. The minimum absolute atomic E-state index is 0.328. The number of carbonyl (C=O) groups excluding carboxylic acids is 1. The molecule has 1 aromatic carbocycles. The largest absolute Gasteiger partial charge is 0.497 e. The summed E-state index contributed by atoms with van der Waals surface area (Å²) in [6.45, 7) is 1.92. The van der Waals surface area contributed by atoms with E-state index in [2.05, 4.69) is 22.6 Å². The number of nitrogens with one attached hydrogen (secondary N) is 2. The molecule has 3 rings (SSSR count). The van der Waals surface area contributed by atoms with Gasteiger partial charge in [-0.2, -0.15) is 0 Å². The van der Waals surface area contributed by atoms with Gasteiger partial charge < -0.3 is 25.5 Å². The molecule has 138 valence electrons. The van der Waals surface area contributed by atoms with Crippen LogP contribution in [0, 0.1) is 11.8 Å². The summed E-state index contributed by atoms with van der Waals surface area (Å²) in [6, 6.07) is 5.33. The van der Waals surface area contributed by atoms with Gasteiger partial charge in [-0.3, -0.25) is 4.79 Å². The number of primary amides is 1. The van der Waals surface area contributed by atoms with Gasteiger partial charge in [0.1, 0.15) is 17.5 Å². The summed E-state index contributed by atoms with van der Waals surface area (Å²) < 4.78 is 10.5. The summed E-state index contributed by atoms with van der Waals surface area (Å²) in [6.07, 6.45) is 3.80. The maximum Gasteiger partial charge on any atom is 0.248 e. The highest BCUT2D eigenvalue weighted by molar-refractivity contribution is 5.94. The van der Waals surface area contributed by atoms with Gasteiger partial charge in [-0.25, -0.2) is 5.43 Å². The van der Waals surface area contributed by atoms with E-state index >= 15 is 0 Å². The number of carbonyl (C=O) groups is 1. The molecule has 1 unspecified atom stereocenters. The van der Waals surface area contributed by atoms with Gasteiger partial charge in [0.2, 0.25) is 5.91 Å². The van der Waals surface area contributed by atoms with Crippen molar-refractivity contribution in [2.45, 2.75) is 24.9 Å². The third-order valence-electron chi connectivity index (χ3n) is 4.57. The van der Waals surface area contributed by atoms with Gasteiger partial charge in [-0.1, -0.05) is 11.8 Å². The zero-order chi connectivity index (χ0) is 18.5. The molecule has 4 N–H and O–H groups in total. The Balaban J connectivity index is 1.80. The van der Waals surface area contributed by atoms with Gasteiger partial charge in [0.15, 0.2) is 0 Å². The summed E-state index contributed by atoms with van der Waals surface area (Å²) in [4.78, 5) is 11.8. The van der Waals surface area contributed by atoms with Crippen LogP contribution in [0.25, 0.3) is 0 Å². The maximum absolute atomic E-state index is 11.8. The van der Waals surface area contributed by atoms with Crippen molar-refractivity contribution < 1.29 is 14.3 Å².